The topological polar surface area (TPSA) is 154 Å². The monoisotopic (exact) mass is 571 g/mol. The molecule has 0 aromatic heterocycles. The van der Waals surface area contributed by atoms with E-state index in [1.807, 2.05) is 4.90 Å². The van der Waals surface area contributed by atoms with Crippen LogP contribution in [0.1, 0.15) is 60.3 Å². The van der Waals surface area contributed by atoms with Gasteiger partial charge in [-0.2, -0.15) is 0 Å². The van der Waals surface area contributed by atoms with E-state index >= 15 is 0 Å². The van der Waals surface area contributed by atoms with Crippen LogP contribution in [-0.2, 0) is 19.2 Å². The first-order valence-electron chi connectivity index (χ1n) is 14.4. The summed E-state index contributed by atoms with van der Waals surface area (Å²) in [6, 6.07) is 0. The standard InChI is InChI=1S/C28H53N5O7/c1-6-27(2,3)22-28(4,5)8-7-9-29-23(34)18-30-10-12-31(19-24(35)36)14-16-33(21-26(39)40)17-15-32(13-11-30)20-25(37)38/h6-22H2,1-5H3,(H,29,34)(H,35,36)(H,37,38)(H,39,40). The number of carboxylic acid groups (broad SMARTS) is 3. The van der Waals surface area contributed by atoms with E-state index in [0.717, 1.165) is 25.7 Å². The molecular formula is C28H53N5O7. The van der Waals surface area contributed by atoms with Crippen LogP contribution in [-0.4, -0.2) is 144 Å². The molecule has 4 N–H and O–H groups in total. The molecule has 1 aliphatic heterocycles. The lowest BCUT2D eigenvalue weighted by Crippen LogP contribution is -2.49. The molecule has 0 saturated carbocycles. The number of hydrogen-bond acceptors (Lipinski definition) is 8. The van der Waals surface area contributed by atoms with Crippen molar-refractivity contribution in [2.75, 3.05) is 85.1 Å². The Morgan fingerprint density at radius 3 is 1.30 bits per heavy atom. The van der Waals surface area contributed by atoms with Crippen LogP contribution in [0.5, 0.6) is 0 Å². The lowest BCUT2D eigenvalue weighted by atomic mass is 9.72. The third-order valence-electron chi connectivity index (χ3n) is 7.64. The number of carbonyl (C=O) groups excluding carboxylic acids is 1. The van der Waals surface area contributed by atoms with Gasteiger partial charge in [0.15, 0.2) is 0 Å². The molecule has 12 nitrogen and oxygen atoms in total. The third kappa shape index (κ3) is 16.7. The SMILES string of the molecule is CCC(C)(C)CC(C)(C)CCCNC(=O)CN1CCN(CC(=O)O)CCN(CC(=O)O)CCN(CC(=O)O)CC1. The van der Waals surface area contributed by atoms with Gasteiger partial charge in [0.25, 0.3) is 0 Å². The van der Waals surface area contributed by atoms with E-state index in [1.54, 1.807) is 14.7 Å². The van der Waals surface area contributed by atoms with Crippen molar-refractivity contribution in [1.82, 2.24) is 24.9 Å². The van der Waals surface area contributed by atoms with Crippen LogP contribution < -0.4 is 5.32 Å². The summed E-state index contributed by atoms with van der Waals surface area (Å²) >= 11 is 0. The van der Waals surface area contributed by atoms with E-state index in [4.69, 9.17) is 0 Å². The van der Waals surface area contributed by atoms with Crippen LogP contribution in [0.25, 0.3) is 0 Å². The number of hydrogen-bond donors (Lipinski definition) is 4. The Morgan fingerprint density at radius 1 is 0.625 bits per heavy atom. The number of carboxylic acids is 3. The zero-order chi connectivity index (χ0) is 30.3. The molecule has 1 rings (SSSR count). The molecule has 0 atom stereocenters. The molecule has 1 aliphatic rings. The minimum Gasteiger partial charge on any atom is -0.480 e. The van der Waals surface area contributed by atoms with E-state index in [1.165, 1.54) is 0 Å². The van der Waals surface area contributed by atoms with Gasteiger partial charge >= 0.3 is 17.9 Å². The summed E-state index contributed by atoms with van der Waals surface area (Å²) in [6.45, 7) is 14.5. The van der Waals surface area contributed by atoms with Crippen LogP contribution in [0.15, 0.2) is 0 Å². The molecule has 0 aromatic carbocycles. The summed E-state index contributed by atoms with van der Waals surface area (Å²) in [7, 11) is 0. The minimum atomic E-state index is -0.993. The Bertz CT molecular complexity index is 789. The number of rotatable bonds is 15. The van der Waals surface area contributed by atoms with Gasteiger partial charge in [-0.3, -0.25) is 38.8 Å². The van der Waals surface area contributed by atoms with Crippen molar-refractivity contribution in [2.45, 2.75) is 60.3 Å². The molecule has 232 valence electrons. The number of aliphatic carboxylic acids is 3. The molecule has 12 heteroatoms. The minimum absolute atomic E-state index is 0.110. The summed E-state index contributed by atoms with van der Waals surface area (Å²) in [5.74, 6) is -3.05. The predicted octanol–water partition coefficient (Wildman–Crippen LogP) is 1.21. The predicted molar refractivity (Wildman–Crippen MR) is 153 cm³/mol. The molecular weight excluding hydrogens is 518 g/mol. The zero-order valence-corrected chi connectivity index (χ0v) is 25.3. The molecule has 0 aromatic rings. The molecule has 0 spiro atoms. The second-order valence-corrected chi connectivity index (χ2v) is 12.6. The second-order valence-electron chi connectivity index (χ2n) is 12.6. The smallest absolute Gasteiger partial charge is 0.317 e. The molecule has 1 saturated heterocycles. The van der Waals surface area contributed by atoms with Crippen LogP contribution in [0.2, 0.25) is 0 Å². The summed E-state index contributed by atoms with van der Waals surface area (Å²) in [4.78, 5) is 54.1. The fraction of sp³-hybridized carbons (Fsp3) is 0.857. The summed E-state index contributed by atoms with van der Waals surface area (Å²) < 4.78 is 0. The molecule has 1 fully saturated rings. The number of amides is 1. The van der Waals surface area contributed by atoms with Crippen molar-refractivity contribution in [2.24, 2.45) is 10.8 Å². The first kappa shape index (κ1) is 35.7. The first-order valence-corrected chi connectivity index (χ1v) is 14.4. The Morgan fingerprint density at radius 2 is 0.975 bits per heavy atom. The van der Waals surface area contributed by atoms with Gasteiger partial charge < -0.3 is 20.6 Å². The Hall–Kier alpha value is -2.28. The Kier molecular flexibility index (Phi) is 15.7. The normalized spacial score (nSPS) is 18.0. The van der Waals surface area contributed by atoms with Crippen LogP contribution in [0, 0.1) is 10.8 Å². The lowest BCUT2D eigenvalue weighted by Gasteiger charge is -2.34. The number of carbonyl (C=O) groups is 4. The van der Waals surface area contributed by atoms with E-state index < -0.39 is 17.9 Å². The highest BCUT2D eigenvalue weighted by molar-refractivity contribution is 5.78. The van der Waals surface area contributed by atoms with E-state index in [0.29, 0.717) is 58.9 Å². The molecule has 0 aliphatic carbocycles. The maximum Gasteiger partial charge on any atom is 0.317 e. The highest BCUT2D eigenvalue weighted by atomic mass is 16.4. The van der Waals surface area contributed by atoms with Gasteiger partial charge in [0.1, 0.15) is 0 Å². The summed E-state index contributed by atoms with van der Waals surface area (Å²) in [5, 5.41) is 31.0. The quantitative estimate of drug-likeness (QED) is 0.210. The molecule has 0 unspecified atom stereocenters. The van der Waals surface area contributed by atoms with Gasteiger partial charge in [-0.15, -0.1) is 0 Å². The first-order chi connectivity index (χ1) is 18.6. The van der Waals surface area contributed by atoms with E-state index in [-0.39, 0.29) is 42.9 Å². The number of nitrogens with zero attached hydrogens (tertiary/aromatic N) is 4. The van der Waals surface area contributed by atoms with Crippen molar-refractivity contribution in [3.05, 3.63) is 0 Å². The third-order valence-corrected chi connectivity index (χ3v) is 7.64. The Balaban J connectivity index is 2.79. The fourth-order valence-electron chi connectivity index (χ4n) is 5.35. The van der Waals surface area contributed by atoms with Crippen molar-refractivity contribution >= 4 is 23.8 Å². The van der Waals surface area contributed by atoms with Gasteiger partial charge in [-0.25, -0.2) is 0 Å². The van der Waals surface area contributed by atoms with Crippen molar-refractivity contribution < 1.29 is 34.5 Å². The van der Waals surface area contributed by atoms with Gasteiger partial charge in [0.05, 0.1) is 26.2 Å². The molecule has 1 heterocycles. The van der Waals surface area contributed by atoms with Crippen molar-refractivity contribution in [1.29, 1.82) is 0 Å². The van der Waals surface area contributed by atoms with Crippen molar-refractivity contribution in [3.8, 4) is 0 Å². The molecule has 0 radical (unpaired) electrons. The van der Waals surface area contributed by atoms with E-state index in [9.17, 15) is 34.5 Å². The van der Waals surface area contributed by atoms with Crippen LogP contribution in [0.4, 0.5) is 0 Å². The molecule has 0 bridgehead atoms. The second kappa shape index (κ2) is 17.5. The fourth-order valence-corrected chi connectivity index (χ4v) is 5.35. The molecule has 40 heavy (non-hydrogen) atoms. The van der Waals surface area contributed by atoms with Crippen molar-refractivity contribution in [3.63, 3.8) is 0 Å². The Labute approximate surface area is 239 Å². The van der Waals surface area contributed by atoms with Gasteiger partial charge in [-0.1, -0.05) is 41.0 Å². The number of nitrogens with one attached hydrogen (secondary N) is 1. The van der Waals surface area contributed by atoms with Crippen LogP contribution in [0.3, 0.4) is 0 Å². The largest absolute Gasteiger partial charge is 0.480 e. The van der Waals surface area contributed by atoms with Gasteiger partial charge in [-0.05, 0) is 30.1 Å². The van der Waals surface area contributed by atoms with Gasteiger partial charge in [0, 0.05) is 58.9 Å². The highest BCUT2D eigenvalue weighted by Gasteiger charge is 2.27. The molecule has 1 amide bonds. The van der Waals surface area contributed by atoms with Crippen LogP contribution >= 0.6 is 0 Å². The zero-order valence-electron chi connectivity index (χ0n) is 25.3. The van der Waals surface area contributed by atoms with E-state index in [2.05, 4.69) is 39.9 Å². The maximum absolute atomic E-state index is 12.8. The van der Waals surface area contributed by atoms with Gasteiger partial charge in [0.2, 0.25) is 5.91 Å². The average molecular weight is 572 g/mol. The lowest BCUT2D eigenvalue weighted by molar-refractivity contribution is -0.140. The highest BCUT2D eigenvalue weighted by Crippen LogP contribution is 2.38. The summed E-state index contributed by atoms with van der Waals surface area (Å²) in [6.07, 6.45) is 4.13. The average Bonchev–Trinajstić information content (AvgIpc) is 2.82. The summed E-state index contributed by atoms with van der Waals surface area (Å²) in [5.41, 5.74) is 0.466. The maximum atomic E-state index is 12.8.